The minimum Gasteiger partial charge on any atom is -0.490 e. The van der Waals surface area contributed by atoms with Crippen molar-refractivity contribution in [3.63, 3.8) is 0 Å². The molecule has 2 aliphatic heterocycles. The summed E-state index contributed by atoms with van der Waals surface area (Å²) >= 11 is 0. The van der Waals surface area contributed by atoms with Crippen LogP contribution in [0.25, 0.3) is 0 Å². The molecule has 4 rings (SSSR count). The van der Waals surface area contributed by atoms with E-state index in [9.17, 15) is 13.2 Å². The van der Waals surface area contributed by atoms with E-state index in [-0.39, 0.29) is 16.8 Å². The Labute approximate surface area is 182 Å². The van der Waals surface area contributed by atoms with Crippen LogP contribution in [0.5, 0.6) is 11.5 Å². The van der Waals surface area contributed by atoms with Gasteiger partial charge < -0.3 is 19.2 Å². The first-order valence-corrected chi connectivity index (χ1v) is 11.8. The molecule has 168 valence electrons. The summed E-state index contributed by atoms with van der Waals surface area (Å²) < 4.78 is 44.1. The van der Waals surface area contributed by atoms with Gasteiger partial charge in [0.25, 0.3) is 0 Å². The number of carbonyl (C=O) groups is 1. The first-order valence-electron chi connectivity index (χ1n) is 10.4. The van der Waals surface area contributed by atoms with Crippen molar-refractivity contribution < 1.29 is 27.1 Å². The lowest BCUT2D eigenvalue weighted by atomic mass is 10.2. The van der Waals surface area contributed by atoms with Gasteiger partial charge in [-0.25, -0.2) is 8.42 Å². The summed E-state index contributed by atoms with van der Waals surface area (Å²) in [5.74, 6) is 1.59. The molecule has 1 amide bonds. The predicted octanol–water partition coefficient (Wildman–Crippen LogP) is 1.45. The number of rotatable bonds is 6. The summed E-state index contributed by atoms with van der Waals surface area (Å²) in [5, 5.41) is 2.85. The number of hydrogen-bond donors (Lipinski definition) is 1. The number of amides is 1. The van der Waals surface area contributed by atoms with Crippen LogP contribution in [0.15, 0.2) is 45.9 Å². The second-order valence-electron chi connectivity index (χ2n) is 7.57. The van der Waals surface area contributed by atoms with Crippen LogP contribution in [0.2, 0.25) is 0 Å². The predicted molar refractivity (Wildman–Crippen MR) is 112 cm³/mol. The van der Waals surface area contributed by atoms with Crippen LogP contribution in [0, 0.1) is 0 Å². The third-order valence-electron chi connectivity index (χ3n) is 5.57. The number of ether oxygens (including phenoxy) is 2. The van der Waals surface area contributed by atoms with Gasteiger partial charge in [-0.1, -0.05) is 0 Å². The van der Waals surface area contributed by atoms with Gasteiger partial charge in [-0.05, 0) is 31.2 Å². The fraction of sp³-hybridized carbons (Fsp3) is 0.476. The molecule has 3 heterocycles. The zero-order valence-corrected chi connectivity index (χ0v) is 18.3. The molecule has 2 aromatic rings. The zero-order valence-electron chi connectivity index (χ0n) is 17.5. The van der Waals surface area contributed by atoms with Crippen LogP contribution in [-0.2, 0) is 21.4 Å². The maximum atomic E-state index is 13.1. The number of nitrogens with zero attached hydrogens (tertiary/aromatic N) is 2. The Balaban J connectivity index is 1.35. The van der Waals surface area contributed by atoms with Gasteiger partial charge in [-0.15, -0.1) is 0 Å². The number of furan rings is 1. The molecule has 0 spiro atoms. The number of sulfonamides is 1. The molecule has 1 saturated heterocycles. The van der Waals surface area contributed by atoms with Gasteiger partial charge in [0.2, 0.25) is 15.9 Å². The molecular formula is C21H27N3O6S. The second-order valence-corrected chi connectivity index (χ2v) is 9.51. The Morgan fingerprint density at radius 3 is 2.55 bits per heavy atom. The van der Waals surface area contributed by atoms with Crippen molar-refractivity contribution in [1.82, 2.24) is 14.5 Å². The molecule has 9 nitrogen and oxygen atoms in total. The van der Waals surface area contributed by atoms with E-state index in [1.807, 2.05) is 11.8 Å². The van der Waals surface area contributed by atoms with E-state index in [1.165, 1.54) is 10.4 Å². The van der Waals surface area contributed by atoms with Crippen molar-refractivity contribution in [2.45, 2.75) is 30.8 Å². The minimum atomic E-state index is -3.66. The topological polar surface area (TPSA) is 101 Å². The number of nitrogens with one attached hydrogen (secondary N) is 1. The van der Waals surface area contributed by atoms with E-state index < -0.39 is 10.0 Å². The quantitative estimate of drug-likeness (QED) is 0.712. The minimum absolute atomic E-state index is 0.115. The van der Waals surface area contributed by atoms with Crippen LogP contribution in [0.3, 0.4) is 0 Å². The third-order valence-corrected chi connectivity index (χ3v) is 7.47. The highest BCUT2D eigenvalue weighted by atomic mass is 32.2. The Kier molecular flexibility index (Phi) is 6.49. The van der Waals surface area contributed by atoms with Crippen molar-refractivity contribution in [3.8, 4) is 11.5 Å². The van der Waals surface area contributed by atoms with Crippen molar-refractivity contribution in [2.75, 3.05) is 39.4 Å². The molecule has 1 aromatic heterocycles. The van der Waals surface area contributed by atoms with Gasteiger partial charge in [-0.2, -0.15) is 4.31 Å². The summed E-state index contributed by atoms with van der Waals surface area (Å²) in [6, 6.07) is 7.95. The average Bonchev–Trinajstić information content (AvgIpc) is 3.20. The molecule has 0 bridgehead atoms. The van der Waals surface area contributed by atoms with Gasteiger partial charge in [-0.3, -0.25) is 9.69 Å². The number of piperazine rings is 1. The molecule has 0 aliphatic carbocycles. The van der Waals surface area contributed by atoms with Crippen LogP contribution >= 0.6 is 0 Å². The summed E-state index contributed by atoms with van der Waals surface area (Å²) in [7, 11) is -3.66. The fourth-order valence-corrected chi connectivity index (χ4v) is 5.12. The van der Waals surface area contributed by atoms with Crippen LogP contribution in [0.4, 0.5) is 0 Å². The van der Waals surface area contributed by atoms with Gasteiger partial charge >= 0.3 is 0 Å². The van der Waals surface area contributed by atoms with Gasteiger partial charge in [0.1, 0.15) is 5.76 Å². The van der Waals surface area contributed by atoms with Crippen molar-refractivity contribution in [1.29, 1.82) is 0 Å². The highest BCUT2D eigenvalue weighted by Crippen LogP contribution is 2.33. The molecule has 31 heavy (non-hydrogen) atoms. The summed E-state index contributed by atoms with van der Waals surface area (Å²) in [4.78, 5) is 14.6. The zero-order chi connectivity index (χ0) is 21.8. The lowest BCUT2D eigenvalue weighted by Crippen LogP contribution is -2.54. The van der Waals surface area contributed by atoms with E-state index in [0.717, 1.165) is 6.42 Å². The lowest BCUT2D eigenvalue weighted by molar-refractivity contribution is -0.126. The molecule has 2 aliphatic rings. The van der Waals surface area contributed by atoms with Crippen molar-refractivity contribution in [3.05, 3.63) is 42.4 Å². The summed E-state index contributed by atoms with van der Waals surface area (Å²) in [6.45, 7) is 4.76. The highest BCUT2D eigenvalue weighted by molar-refractivity contribution is 7.89. The molecule has 0 saturated carbocycles. The number of hydrogen-bond acceptors (Lipinski definition) is 7. The van der Waals surface area contributed by atoms with E-state index in [2.05, 4.69) is 5.32 Å². The van der Waals surface area contributed by atoms with E-state index >= 15 is 0 Å². The fourth-order valence-electron chi connectivity index (χ4n) is 3.69. The van der Waals surface area contributed by atoms with Crippen LogP contribution < -0.4 is 14.8 Å². The Hall–Kier alpha value is -2.56. The molecule has 0 radical (unpaired) electrons. The monoisotopic (exact) mass is 449 g/mol. The third kappa shape index (κ3) is 4.86. The highest BCUT2D eigenvalue weighted by Gasteiger charge is 2.32. The van der Waals surface area contributed by atoms with Gasteiger partial charge in [0.15, 0.2) is 11.5 Å². The van der Waals surface area contributed by atoms with E-state index in [0.29, 0.717) is 63.2 Å². The molecule has 1 N–H and O–H groups in total. The number of fused-ring (bicyclic) bond motifs is 1. The summed E-state index contributed by atoms with van der Waals surface area (Å²) in [5.41, 5.74) is 0. The maximum Gasteiger partial charge on any atom is 0.243 e. The number of benzene rings is 1. The Morgan fingerprint density at radius 1 is 1.10 bits per heavy atom. The second kappa shape index (κ2) is 9.29. The molecule has 10 heteroatoms. The van der Waals surface area contributed by atoms with Crippen molar-refractivity contribution >= 4 is 15.9 Å². The Bertz CT molecular complexity index is 1000. The van der Waals surface area contributed by atoms with Crippen LogP contribution in [-0.4, -0.2) is 69.0 Å². The Morgan fingerprint density at radius 2 is 1.84 bits per heavy atom. The number of carbonyl (C=O) groups excluding carboxylic acids is 1. The molecular weight excluding hydrogens is 422 g/mol. The maximum absolute atomic E-state index is 13.1. The SMILES string of the molecule is C[C@@H](C(=O)NCc1ccco1)N1CCN(S(=O)(=O)c2ccc3c(c2)OCCCO3)CC1. The van der Waals surface area contributed by atoms with Gasteiger partial charge in [0.05, 0.1) is 37.0 Å². The van der Waals surface area contributed by atoms with Gasteiger partial charge in [0, 0.05) is 38.7 Å². The lowest BCUT2D eigenvalue weighted by Gasteiger charge is -2.36. The summed E-state index contributed by atoms with van der Waals surface area (Å²) in [6.07, 6.45) is 2.32. The standard InChI is InChI=1S/C21H27N3O6S/c1-16(21(25)22-15-17-4-2-11-28-17)23-7-9-24(10-8-23)31(26,27)18-5-6-19-20(14-18)30-13-3-12-29-19/h2,4-6,11,14,16H,3,7-10,12-13,15H2,1H3,(H,22,25)/t16-/m0/s1. The van der Waals surface area contributed by atoms with Crippen molar-refractivity contribution in [2.24, 2.45) is 0 Å². The first kappa shape index (κ1) is 21.7. The van der Waals surface area contributed by atoms with Crippen LogP contribution in [0.1, 0.15) is 19.1 Å². The molecule has 1 atom stereocenters. The molecule has 0 unspecified atom stereocenters. The van der Waals surface area contributed by atoms with E-state index in [1.54, 1.807) is 30.5 Å². The normalized spacial score (nSPS) is 18.9. The molecule has 1 fully saturated rings. The van der Waals surface area contributed by atoms with E-state index in [4.69, 9.17) is 13.9 Å². The largest absolute Gasteiger partial charge is 0.490 e. The average molecular weight is 450 g/mol. The molecule has 1 aromatic carbocycles. The smallest absolute Gasteiger partial charge is 0.243 e. The first-order chi connectivity index (χ1) is 14.9.